The Bertz CT molecular complexity index is 1400. The van der Waals surface area contributed by atoms with Crippen molar-refractivity contribution in [2.24, 2.45) is 0 Å². The van der Waals surface area contributed by atoms with Gasteiger partial charge < -0.3 is 15.6 Å². The van der Waals surface area contributed by atoms with E-state index in [-0.39, 0.29) is 36.3 Å². The Kier molecular flexibility index (Phi) is 6.14. The van der Waals surface area contributed by atoms with Crippen molar-refractivity contribution < 1.29 is 22.0 Å². The predicted octanol–water partition coefficient (Wildman–Crippen LogP) is 3.39. The smallest absolute Gasteiger partial charge is 0.382 e. The third-order valence-corrected chi connectivity index (χ3v) is 6.28. The summed E-state index contributed by atoms with van der Waals surface area (Å²) in [4.78, 5) is 14.6. The molecule has 5 rings (SSSR count). The maximum atomic E-state index is 14.6. The van der Waals surface area contributed by atoms with Gasteiger partial charge in [0.25, 0.3) is 0 Å². The zero-order chi connectivity index (χ0) is 25.6. The van der Waals surface area contributed by atoms with Crippen LogP contribution in [0.25, 0.3) is 27.9 Å². The molecule has 0 unspecified atom stereocenters. The van der Waals surface area contributed by atoms with Gasteiger partial charge in [-0.25, -0.2) is 23.3 Å². The number of piperidine rings is 1. The summed E-state index contributed by atoms with van der Waals surface area (Å²) in [6, 6.07) is 4.38. The molecular weight excluding hydrogens is 485 g/mol. The van der Waals surface area contributed by atoms with Crippen LogP contribution in [0.1, 0.15) is 12.2 Å². The lowest BCUT2D eigenvalue weighted by Crippen LogP contribution is -2.48. The molecule has 0 radical (unpaired) electrons. The van der Waals surface area contributed by atoms with Gasteiger partial charge in [-0.3, -0.25) is 4.90 Å². The molecule has 0 aromatic carbocycles. The Labute approximate surface area is 202 Å². The van der Waals surface area contributed by atoms with Gasteiger partial charge in [-0.05, 0) is 31.5 Å². The molecule has 4 aromatic heterocycles. The van der Waals surface area contributed by atoms with E-state index in [0.717, 1.165) is 4.57 Å². The van der Waals surface area contributed by atoms with Crippen LogP contribution in [0.2, 0.25) is 0 Å². The molecule has 1 fully saturated rings. The summed E-state index contributed by atoms with van der Waals surface area (Å²) in [7, 11) is 0. The molecule has 3 N–H and O–H groups in total. The van der Waals surface area contributed by atoms with E-state index in [1.165, 1.54) is 11.4 Å². The van der Waals surface area contributed by atoms with Crippen molar-refractivity contribution in [2.45, 2.75) is 38.3 Å². The second-order valence-corrected chi connectivity index (χ2v) is 8.79. The van der Waals surface area contributed by atoms with Crippen molar-refractivity contribution >= 4 is 28.4 Å². The summed E-state index contributed by atoms with van der Waals surface area (Å²) in [5, 5.41) is 7.36. The average Bonchev–Trinajstić information content (AvgIpc) is 3.36. The quantitative estimate of drug-likeness (QED) is 0.384. The highest BCUT2D eigenvalue weighted by Gasteiger charge is 2.31. The Morgan fingerprint density at radius 1 is 1.17 bits per heavy atom. The van der Waals surface area contributed by atoms with Gasteiger partial charge in [0, 0.05) is 31.4 Å². The first-order valence-corrected chi connectivity index (χ1v) is 11.4. The number of nitrogens with zero attached hydrogens (tertiary/aromatic N) is 7. The number of nitrogen functional groups attached to an aromatic ring is 1. The van der Waals surface area contributed by atoms with Crippen molar-refractivity contribution in [3.8, 4) is 11.3 Å². The Balaban J connectivity index is 1.44. The first-order chi connectivity index (χ1) is 17.1. The molecule has 0 bridgehead atoms. The first-order valence-electron chi connectivity index (χ1n) is 11.4. The fourth-order valence-electron chi connectivity index (χ4n) is 4.57. The summed E-state index contributed by atoms with van der Waals surface area (Å²) in [6.07, 6.45) is -3.58. The van der Waals surface area contributed by atoms with Gasteiger partial charge in [-0.1, -0.05) is 0 Å². The van der Waals surface area contributed by atoms with Crippen LogP contribution in [0.4, 0.5) is 33.7 Å². The largest absolute Gasteiger partial charge is 0.406 e. The summed E-state index contributed by atoms with van der Waals surface area (Å²) in [5.74, 6) is 0.435. The molecule has 5 heterocycles. The number of pyridine rings is 1. The molecule has 1 saturated heterocycles. The number of fused-ring (bicyclic) bond motifs is 2. The van der Waals surface area contributed by atoms with E-state index in [2.05, 4.69) is 25.4 Å². The molecule has 2 atom stereocenters. The number of imidazole rings is 1. The minimum Gasteiger partial charge on any atom is -0.382 e. The number of hydrogen-bond acceptors (Lipinski definition) is 7. The molecule has 0 aliphatic carbocycles. The van der Waals surface area contributed by atoms with E-state index in [4.69, 9.17) is 5.73 Å². The summed E-state index contributed by atoms with van der Waals surface area (Å²) < 4.78 is 68.9. The van der Waals surface area contributed by atoms with Gasteiger partial charge in [0.2, 0.25) is 5.95 Å². The highest BCUT2D eigenvalue weighted by Crippen LogP contribution is 2.30. The third-order valence-electron chi connectivity index (χ3n) is 6.28. The number of nitrogens with one attached hydrogen (secondary N) is 1. The van der Waals surface area contributed by atoms with Crippen LogP contribution in [0, 0.1) is 6.92 Å². The normalized spacial score (nSPS) is 19.4. The van der Waals surface area contributed by atoms with Crippen molar-refractivity contribution in [1.82, 2.24) is 34.0 Å². The minimum absolute atomic E-state index is 0.0969. The first kappa shape index (κ1) is 24.2. The lowest BCUT2D eigenvalue weighted by atomic mass is 10.0. The molecule has 192 valence electrons. The highest BCUT2D eigenvalue weighted by molar-refractivity contribution is 5.88. The summed E-state index contributed by atoms with van der Waals surface area (Å²) >= 11 is 0. The Morgan fingerprint density at radius 3 is 2.69 bits per heavy atom. The van der Waals surface area contributed by atoms with Crippen LogP contribution in [0.3, 0.4) is 0 Å². The predicted molar refractivity (Wildman–Crippen MR) is 124 cm³/mol. The fraction of sp³-hybridized carbons (Fsp3) is 0.455. The van der Waals surface area contributed by atoms with E-state index in [9.17, 15) is 22.0 Å². The SMILES string of the molecule is Cc1nc2ccc(-c3ccn4nc(N[C@H]5CCN(CCF)C[C@H]5F)nc(N)c34)nc2n1CC(F)(F)F. The molecule has 36 heavy (non-hydrogen) atoms. The number of hydrogen-bond donors (Lipinski definition) is 2. The molecule has 4 aromatic rings. The summed E-state index contributed by atoms with van der Waals surface area (Å²) in [6.45, 7) is 0.630. The van der Waals surface area contributed by atoms with Crippen LogP contribution < -0.4 is 11.1 Å². The van der Waals surface area contributed by atoms with E-state index in [1.807, 2.05) is 0 Å². The number of halogens is 5. The monoisotopic (exact) mass is 509 g/mol. The molecule has 0 amide bonds. The number of alkyl halides is 5. The molecule has 0 spiro atoms. The van der Waals surface area contributed by atoms with Gasteiger partial charge in [0.1, 0.15) is 36.2 Å². The molecule has 1 aliphatic rings. The highest BCUT2D eigenvalue weighted by atomic mass is 19.4. The number of likely N-dealkylation sites (tertiary alicyclic amines) is 1. The number of aromatic nitrogens is 6. The van der Waals surface area contributed by atoms with Crippen LogP contribution in [-0.4, -0.2) is 78.7 Å². The number of aryl methyl sites for hydroxylation is 1. The topological polar surface area (TPSA) is 102 Å². The molecule has 1 aliphatic heterocycles. The van der Waals surface area contributed by atoms with Crippen LogP contribution in [0.5, 0.6) is 0 Å². The van der Waals surface area contributed by atoms with E-state index >= 15 is 0 Å². The number of rotatable bonds is 6. The fourth-order valence-corrected chi connectivity index (χ4v) is 4.57. The minimum atomic E-state index is -4.43. The van der Waals surface area contributed by atoms with Gasteiger partial charge in [0.05, 0.1) is 11.7 Å². The Morgan fingerprint density at radius 2 is 1.97 bits per heavy atom. The molecule has 9 nitrogen and oxygen atoms in total. The second-order valence-electron chi connectivity index (χ2n) is 8.79. The van der Waals surface area contributed by atoms with Crippen molar-refractivity contribution in [3.63, 3.8) is 0 Å². The zero-order valence-corrected chi connectivity index (χ0v) is 19.3. The Hall–Kier alpha value is -3.55. The second kappa shape index (κ2) is 9.15. The molecule has 14 heteroatoms. The van der Waals surface area contributed by atoms with Crippen molar-refractivity contribution in [3.05, 3.63) is 30.2 Å². The van der Waals surface area contributed by atoms with Gasteiger partial charge in [0.15, 0.2) is 11.5 Å². The average molecular weight is 509 g/mol. The van der Waals surface area contributed by atoms with Crippen LogP contribution >= 0.6 is 0 Å². The number of nitrogens with two attached hydrogens (primary N) is 1. The summed E-state index contributed by atoms with van der Waals surface area (Å²) in [5.41, 5.74) is 8.00. The number of anilines is 2. The maximum Gasteiger partial charge on any atom is 0.406 e. The van der Waals surface area contributed by atoms with E-state index in [0.29, 0.717) is 35.3 Å². The van der Waals surface area contributed by atoms with Gasteiger partial charge in [-0.2, -0.15) is 18.2 Å². The van der Waals surface area contributed by atoms with Crippen molar-refractivity contribution in [2.75, 3.05) is 37.4 Å². The van der Waals surface area contributed by atoms with Crippen molar-refractivity contribution in [1.29, 1.82) is 0 Å². The van der Waals surface area contributed by atoms with E-state index in [1.54, 1.807) is 29.3 Å². The van der Waals surface area contributed by atoms with E-state index < -0.39 is 31.6 Å². The lowest BCUT2D eigenvalue weighted by Gasteiger charge is -2.34. The van der Waals surface area contributed by atoms with Crippen LogP contribution in [0.15, 0.2) is 24.4 Å². The standard InChI is InChI=1S/C22H24F5N9/c1-12-29-17-3-2-15(30-20(17)35(12)11-22(25,26)27)13-4-8-36-18(13)19(28)32-21(33-36)31-16-5-7-34(9-6-23)10-14(16)24/h2-4,8,14,16H,5-7,9-11H2,1H3,(H3,28,31,32,33)/t14-,16+/m1/s1. The maximum absolute atomic E-state index is 14.6. The zero-order valence-electron chi connectivity index (χ0n) is 19.3. The lowest BCUT2D eigenvalue weighted by molar-refractivity contribution is -0.140. The van der Waals surface area contributed by atoms with Gasteiger partial charge in [-0.15, -0.1) is 5.10 Å². The molecular formula is C22H24F5N9. The van der Waals surface area contributed by atoms with Gasteiger partial charge >= 0.3 is 6.18 Å². The third kappa shape index (κ3) is 4.64. The molecule has 0 saturated carbocycles. The van der Waals surface area contributed by atoms with Crippen LogP contribution in [-0.2, 0) is 6.54 Å².